The highest BCUT2D eigenvalue weighted by Gasteiger charge is 2.24. The molecule has 0 bridgehead atoms. The van der Waals surface area contributed by atoms with Gasteiger partial charge in [0.2, 0.25) is 0 Å². The Hall–Kier alpha value is -1.26. The minimum Gasteiger partial charge on any atom is -0.492 e. The van der Waals surface area contributed by atoms with Crippen LogP contribution in [-0.4, -0.2) is 56.2 Å². The molecule has 2 N–H and O–H groups in total. The maximum absolute atomic E-state index is 5.77. The normalized spacial score (nSPS) is 20.1. The van der Waals surface area contributed by atoms with Crippen molar-refractivity contribution in [1.29, 1.82) is 0 Å². The van der Waals surface area contributed by atoms with E-state index in [-0.39, 0.29) is 0 Å². The molecule has 4 heteroatoms. The Labute approximate surface area is 116 Å². The van der Waals surface area contributed by atoms with Crippen LogP contribution < -0.4 is 10.5 Å². The lowest BCUT2D eigenvalue weighted by Crippen LogP contribution is -2.39. The lowest BCUT2D eigenvalue weighted by molar-refractivity contribution is 0.172. The van der Waals surface area contributed by atoms with Crippen LogP contribution in [0.15, 0.2) is 24.3 Å². The average Bonchev–Trinajstić information content (AvgIpc) is 2.76. The van der Waals surface area contributed by atoms with Crippen molar-refractivity contribution in [3.63, 3.8) is 0 Å². The third-order valence-corrected chi connectivity index (χ3v) is 3.58. The smallest absolute Gasteiger partial charge is 0.121 e. The molecule has 0 aliphatic carbocycles. The number of nitrogens with zero attached hydrogens (tertiary/aromatic N) is 2. The maximum Gasteiger partial charge on any atom is 0.121 e. The Bertz CT molecular complexity index is 395. The zero-order chi connectivity index (χ0) is 13.7. The molecular weight excluding hydrogens is 238 g/mol. The fourth-order valence-corrected chi connectivity index (χ4v) is 2.70. The second-order valence-electron chi connectivity index (χ2n) is 5.52. The Morgan fingerprint density at radius 1 is 1.42 bits per heavy atom. The van der Waals surface area contributed by atoms with Gasteiger partial charge in [-0.25, -0.2) is 0 Å². The molecule has 0 aromatic heterocycles. The van der Waals surface area contributed by atoms with Gasteiger partial charge in [-0.3, -0.25) is 4.90 Å². The first-order valence-electron chi connectivity index (χ1n) is 7.02. The molecule has 4 nitrogen and oxygen atoms in total. The second kappa shape index (κ2) is 6.78. The van der Waals surface area contributed by atoms with Crippen LogP contribution in [0.5, 0.6) is 5.75 Å². The Balaban J connectivity index is 1.75. The van der Waals surface area contributed by atoms with E-state index in [1.165, 1.54) is 19.4 Å². The first-order chi connectivity index (χ1) is 9.15. The van der Waals surface area contributed by atoms with Crippen LogP contribution in [0, 0.1) is 0 Å². The summed E-state index contributed by atoms with van der Waals surface area (Å²) in [4.78, 5) is 4.80. The van der Waals surface area contributed by atoms with Gasteiger partial charge in [-0.2, -0.15) is 0 Å². The number of anilines is 1. The molecular formula is C15H25N3O. The van der Waals surface area contributed by atoms with Gasteiger partial charge in [0.25, 0.3) is 0 Å². The summed E-state index contributed by atoms with van der Waals surface area (Å²) in [5.74, 6) is 0.864. The van der Waals surface area contributed by atoms with Crippen molar-refractivity contribution in [2.24, 2.45) is 0 Å². The highest BCUT2D eigenvalue weighted by molar-refractivity contribution is 5.43. The van der Waals surface area contributed by atoms with Crippen LogP contribution in [0.4, 0.5) is 5.69 Å². The summed E-state index contributed by atoms with van der Waals surface area (Å²) in [6.07, 6.45) is 2.60. The van der Waals surface area contributed by atoms with E-state index in [9.17, 15) is 0 Å². The monoisotopic (exact) mass is 263 g/mol. The Morgan fingerprint density at radius 3 is 3.00 bits per heavy atom. The second-order valence-corrected chi connectivity index (χ2v) is 5.52. The van der Waals surface area contributed by atoms with Gasteiger partial charge in [0.05, 0.1) is 0 Å². The molecule has 0 radical (unpaired) electrons. The van der Waals surface area contributed by atoms with Crippen LogP contribution >= 0.6 is 0 Å². The highest BCUT2D eigenvalue weighted by atomic mass is 16.5. The first-order valence-corrected chi connectivity index (χ1v) is 7.02. The molecule has 0 amide bonds. The number of likely N-dealkylation sites (tertiary alicyclic amines) is 1. The largest absolute Gasteiger partial charge is 0.492 e. The topological polar surface area (TPSA) is 41.7 Å². The summed E-state index contributed by atoms with van der Waals surface area (Å²) in [6.45, 7) is 4.05. The molecule has 1 saturated heterocycles. The average molecular weight is 263 g/mol. The van der Waals surface area contributed by atoms with Crippen LogP contribution in [-0.2, 0) is 0 Å². The van der Waals surface area contributed by atoms with Crippen LogP contribution in [0.3, 0.4) is 0 Å². The lowest BCUT2D eigenvalue weighted by atomic mass is 10.2. The molecule has 1 heterocycles. The number of ether oxygens (including phenoxy) is 1. The first kappa shape index (κ1) is 14.2. The molecule has 2 rings (SSSR count). The van der Waals surface area contributed by atoms with Gasteiger partial charge in [0.1, 0.15) is 12.4 Å². The molecule has 1 aromatic rings. The minimum absolute atomic E-state index is 0.680. The molecule has 19 heavy (non-hydrogen) atoms. The number of nitrogen functional groups attached to an aromatic ring is 1. The predicted octanol–water partition coefficient (Wildman–Crippen LogP) is 1.67. The van der Waals surface area contributed by atoms with Crippen molar-refractivity contribution in [2.45, 2.75) is 18.9 Å². The van der Waals surface area contributed by atoms with Crippen molar-refractivity contribution < 1.29 is 4.74 Å². The summed E-state index contributed by atoms with van der Waals surface area (Å²) in [5.41, 5.74) is 6.49. The fraction of sp³-hybridized carbons (Fsp3) is 0.600. The summed E-state index contributed by atoms with van der Waals surface area (Å²) in [5, 5.41) is 0. The third kappa shape index (κ3) is 4.40. The van der Waals surface area contributed by atoms with Crippen LogP contribution in [0.2, 0.25) is 0 Å². The predicted molar refractivity (Wildman–Crippen MR) is 79.5 cm³/mol. The van der Waals surface area contributed by atoms with E-state index in [0.29, 0.717) is 6.04 Å². The van der Waals surface area contributed by atoms with Crippen molar-refractivity contribution in [3.05, 3.63) is 24.3 Å². The molecule has 0 spiro atoms. The number of nitrogens with two attached hydrogens (primary N) is 1. The molecule has 1 fully saturated rings. The van der Waals surface area contributed by atoms with Gasteiger partial charge in [-0.1, -0.05) is 6.07 Å². The SMILES string of the molecule is CN(C)CC1CCCN1CCOc1cccc(N)c1. The molecule has 106 valence electrons. The lowest BCUT2D eigenvalue weighted by Gasteiger charge is -2.26. The van der Waals surface area contributed by atoms with Gasteiger partial charge in [0, 0.05) is 30.9 Å². The van der Waals surface area contributed by atoms with Gasteiger partial charge in [-0.15, -0.1) is 0 Å². The molecule has 1 aromatic carbocycles. The van der Waals surface area contributed by atoms with Crippen molar-refractivity contribution in [1.82, 2.24) is 9.80 Å². The van der Waals surface area contributed by atoms with Crippen molar-refractivity contribution in [2.75, 3.05) is 46.1 Å². The Kier molecular flexibility index (Phi) is 5.05. The van der Waals surface area contributed by atoms with E-state index in [2.05, 4.69) is 23.9 Å². The molecule has 1 unspecified atom stereocenters. The van der Waals surface area contributed by atoms with E-state index in [1.807, 2.05) is 24.3 Å². The zero-order valence-corrected chi connectivity index (χ0v) is 12.0. The van der Waals surface area contributed by atoms with Crippen molar-refractivity contribution in [3.8, 4) is 5.75 Å². The molecule has 0 saturated carbocycles. The third-order valence-electron chi connectivity index (χ3n) is 3.58. The summed E-state index contributed by atoms with van der Waals surface area (Å²) >= 11 is 0. The van der Waals surface area contributed by atoms with E-state index < -0.39 is 0 Å². The minimum atomic E-state index is 0.680. The van der Waals surface area contributed by atoms with Gasteiger partial charge < -0.3 is 15.4 Å². The zero-order valence-electron chi connectivity index (χ0n) is 12.0. The fourth-order valence-electron chi connectivity index (χ4n) is 2.70. The quantitative estimate of drug-likeness (QED) is 0.793. The van der Waals surface area contributed by atoms with Gasteiger partial charge in [0.15, 0.2) is 0 Å². The summed E-state index contributed by atoms with van der Waals surface area (Å²) in [7, 11) is 4.28. The van der Waals surface area contributed by atoms with Crippen LogP contribution in [0.25, 0.3) is 0 Å². The van der Waals surface area contributed by atoms with Gasteiger partial charge in [-0.05, 0) is 45.6 Å². The van der Waals surface area contributed by atoms with Crippen LogP contribution in [0.1, 0.15) is 12.8 Å². The number of benzene rings is 1. The summed E-state index contributed by atoms with van der Waals surface area (Å²) < 4.78 is 5.77. The number of hydrogen-bond acceptors (Lipinski definition) is 4. The Morgan fingerprint density at radius 2 is 2.26 bits per heavy atom. The number of rotatable bonds is 6. The van der Waals surface area contributed by atoms with E-state index in [0.717, 1.165) is 31.1 Å². The van der Waals surface area contributed by atoms with E-state index in [4.69, 9.17) is 10.5 Å². The highest BCUT2D eigenvalue weighted by Crippen LogP contribution is 2.18. The molecule has 1 aliphatic rings. The number of likely N-dealkylation sites (N-methyl/N-ethyl adjacent to an activating group) is 1. The van der Waals surface area contributed by atoms with E-state index >= 15 is 0 Å². The van der Waals surface area contributed by atoms with Gasteiger partial charge >= 0.3 is 0 Å². The number of hydrogen-bond donors (Lipinski definition) is 1. The maximum atomic E-state index is 5.77. The summed E-state index contributed by atoms with van der Waals surface area (Å²) in [6, 6.07) is 8.31. The van der Waals surface area contributed by atoms with Crippen molar-refractivity contribution >= 4 is 5.69 Å². The van der Waals surface area contributed by atoms with E-state index in [1.54, 1.807) is 0 Å². The standard InChI is InChI=1S/C15H25N3O/c1-17(2)12-14-6-4-8-18(14)9-10-19-15-7-3-5-13(16)11-15/h3,5,7,11,14H,4,6,8-10,12,16H2,1-2H3. The molecule has 1 aliphatic heterocycles. The molecule has 1 atom stereocenters.